The Hall–Kier alpha value is -2.64. The van der Waals surface area contributed by atoms with E-state index in [1.165, 1.54) is 11.1 Å². The molecule has 3 heteroatoms. The number of para-hydroxylation sites is 2. The van der Waals surface area contributed by atoms with E-state index in [0.29, 0.717) is 0 Å². The number of rotatable bonds is 8. The van der Waals surface area contributed by atoms with Crippen LogP contribution < -0.4 is 5.63 Å². The average Bonchev–Trinajstić information content (AvgIpc) is 2.78. The Morgan fingerprint density at radius 3 is 1.23 bits per heavy atom. The zero-order valence-electron chi connectivity index (χ0n) is 18.1. The molecule has 31 heavy (non-hydrogen) atoms. The Morgan fingerprint density at radius 1 is 0.484 bits per heavy atom. The van der Waals surface area contributed by atoms with Crippen molar-refractivity contribution < 1.29 is 26.8 Å². The van der Waals surface area contributed by atoms with E-state index in [4.69, 9.17) is 5.63 Å². The Balaban J connectivity index is 1.81. The first kappa shape index (κ1) is 21.6. The summed E-state index contributed by atoms with van der Waals surface area (Å²) in [6, 6.07) is 37.7. The second-order valence-electron chi connectivity index (χ2n) is 7.97. The Morgan fingerprint density at radius 2 is 0.839 bits per heavy atom. The van der Waals surface area contributed by atoms with Crippen molar-refractivity contribution in [3.63, 3.8) is 0 Å². The molecule has 2 nitrogen and oxygen atoms in total. The van der Waals surface area contributed by atoms with E-state index in [9.17, 15) is 0 Å². The van der Waals surface area contributed by atoms with Gasteiger partial charge in [0.15, 0.2) is 0 Å². The van der Waals surface area contributed by atoms with Gasteiger partial charge in [-0.25, -0.2) is 0 Å². The van der Waals surface area contributed by atoms with Gasteiger partial charge in [0.25, 0.3) is 0 Å². The molecule has 0 saturated heterocycles. The van der Waals surface area contributed by atoms with Gasteiger partial charge >= 0.3 is 192 Å². The summed E-state index contributed by atoms with van der Waals surface area (Å²) in [4.78, 5) is 0. The molecule has 0 atom stereocenters. The monoisotopic (exact) mass is 486 g/mol. The zero-order valence-corrected chi connectivity index (χ0v) is 20.6. The quantitative estimate of drug-likeness (QED) is 0.263. The van der Waals surface area contributed by atoms with Crippen molar-refractivity contribution in [2.75, 3.05) is 0 Å². The summed E-state index contributed by atoms with van der Waals surface area (Å²) < 4.78 is 15.6. The van der Waals surface area contributed by atoms with E-state index in [0.717, 1.165) is 30.9 Å². The predicted molar refractivity (Wildman–Crippen MR) is 124 cm³/mol. The molecule has 0 radical (unpaired) electrons. The second-order valence-corrected chi connectivity index (χ2v) is 15.2. The van der Waals surface area contributed by atoms with Crippen molar-refractivity contribution in [1.82, 2.24) is 0 Å². The van der Waals surface area contributed by atoms with E-state index < -0.39 is 21.1 Å². The predicted octanol–water partition coefficient (Wildman–Crippen LogP) is 7.15. The van der Waals surface area contributed by atoms with E-state index in [1.807, 2.05) is 12.1 Å². The SMILES string of the molecule is Cc1ccccc1[O][Zr]([CH2]c1ccccc1)([CH2]c1ccccc1)[O]c1ccccc1C. The van der Waals surface area contributed by atoms with Gasteiger partial charge < -0.3 is 0 Å². The summed E-state index contributed by atoms with van der Waals surface area (Å²) in [6.07, 6.45) is 0. The van der Waals surface area contributed by atoms with Crippen LogP contribution in [0.25, 0.3) is 0 Å². The first-order valence-corrected chi connectivity index (χ1v) is 16.2. The number of benzene rings is 4. The van der Waals surface area contributed by atoms with Crippen LogP contribution in [-0.2, 0) is 29.4 Å². The van der Waals surface area contributed by atoms with Crippen molar-refractivity contribution in [3.8, 4) is 11.5 Å². The maximum atomic E-state index is 6.99. The second kappa shape index (κ2) is 10.1. The van der Waals surface area contributed by atoms with Crippen LogP contribution in [0.4, 0.5) is 0 Å². The topological polar surface area (TPSA) is 18.5 Å². The van der Waals surface area contributed by atoms with E-state index in [1.54, 1.807) is 0 Å². The maximum absolute atomic E-state index is 6.99. The van der Waals surface area contributed by atoms with Gasteiger partial charge in [0, 0.05) is 0 Å². The molecule has 0 fully saturated rings. The Bertz CT molecular complexity index is 1020. The van der Waals surface area contributed by atoms with Gasteiger partial charge in [-0.15, -0.1) is 0 Å². The van der Waals surface area contributed by atoms with Crippen LogP contribution in [0.2, 0.25) is 0 Å². The van der Waals surface area contributed by atoms with Crippen LogP contribution in [-0.4, -0.2) is 0 Å². The molecule has 0 aliphatic carbocycles. The normalized spacial score (nSPS) is 11.2. The van der Waals surface area contributed by atoms with Crippen LogP contribution in [0, 0.1) is 13.8 Å². The van der Waals surface area contributed by atoms with Crippen LogP contribution in [0.5, 0.6) is 11.5 Å². The van der Waals surface area contributed by atoms with Crippen LogP contribution >= 0.6 is 0 Å². The van der Waals surface area contributed by atoms with Gasteiger partial charge in [-0.05, 0) is 0 Å². The summed E-state index contributed by atoms with van der Waals surface area (Å²) in [5.41, 5.74) is 4.80. The van der Waals surface area contributed by atoms with Crippen molar-refractivity contribution in [3.05, 3.63) is 131 Å². The molecular formula is C28H28O2Zr. The standard InChI is InChI=1S/2C7H8O.2C7H7.Zr/c2*1-6-4-2-3-5-7(6)8;2*1-7-5-3-2-4-6-7;/h2*2-5,8H,1H3;2*2-6H,1H2;/q;;;;+2/p-2. The van der Waals surface area contributed by atoms with Gasteiger partial charge in [0.2, 0.25) is 0 Å². The summed E-state index contributed by atoms with van der Waals surface area (Å²) in [5, 5.41) is 0. The van der Waals surface area contributed by atoms with Crippen LogP contribution in [0.1, 0.15) is 22.3 Å². The molecule has 0 amide bonds. The molecular weight excluding hydrogens is 460 g/mol. The molecule has 0 aromatic heterocycles. The average molecular weight is 488 g/mol. The fourth-order valence-electron chi connectivity index (χ4n) is 3.78. The summed E-state index contributed by atoms with van der Waals surface area (Å²) >= 11 is -3.80. The number of hydrogen-bond acceptors (Lipinski definition) is 2. The van der Waals surface area contributed by atoms with Crippen LogP contribution in [0.3, 0.4) is 0 Å². The van der Waals surface area contributed by atoms with E-state index >= 15 is 0 Å². The van der Waals surface area contributed by atoms with Crippen molar-refractivity contribution in [2.45, 2.75) is 22.1 Å². The zero-order chi connectivity index (χ0) is 21.5. The molecule has 0 aliphatic rings. The van der Waals surface area contributed by atoms with Gasteiger partial charge in [0.05, 0.1) is 0 Å². The minimum atomic E-state index is -3.80. The van der Waals surface area contributed by atoms with Crippen molar-refractivity contribution in [1.29, 1.82) is 0 Å². The van der Waals surface area contributed by atoms with Crippen LogP contribution in [0.15, 0.2) is 109 Å². The Labute approximate surface area is 191 Å². The molecule has 0 spiro atoms. The van der Waals surface area contributed by atoms with Gasteiger partial charge in [-0.3, -0.25) is 0 Å². The third-order valence-electron chi connectivity index (χ3n) is 5.41. The molecule has 4 rings (SSSR count). The number of hydrogen-bond donors (Lipinski definition) is 0. The van der Waals surface area contributed by atoms with Crippen molar-refractivity contribution in [2.24, 2.45) is 0 Å². The van der Waals surface area contributed by atoms with E-state index in [2.05, 4.69) is 111 Å². The molecule has 0 unspecified atom stereocenters. The third-order valence-corrected chi connectivity index (χ3v) is 13.0. The molecule has 156 valence electrons. The number of aryl methyl sites for hydroxylation is 2. The molecule has 4 aromatic rings. The molecule has 0 aliphatic heterocycles. The summed E-state index contributed by atoms with van der Waals surface area (Å²) in [5.74, 6) is 1.86. The molecule has 0 N–H and O–H groups in total. The summed E-state index contributed by atoms with van der Waals surface area (Å²) in [7, 11) is 0. The minimum absolute atomic E-state index is 0.826. The third kappa shape index (κ3) is 5.74. The van der Waals surface area contributed by atoms with Gasteiger partial charge in [-0.1, -0.05) is 0 Å². The van der Waals surface area contributed by atoms with Crippen molar-refractivity contribution >= 4 is 0 Å². The van der Waals surface area contributed by atoms with Gasteiger partial charge in [0.1, 0.15) is 0 Å². The van der Waals surface area contributed by atoms with Gasteiger partial charge in [-0.2, -0.15) is 0 Å². The summed E-state index contributed by atoms with van der Waals surface area (Å²) in [6.45, 7) is 4.20. The molecule has 0 heterocycles. The fraction of sp³-hybridized carbons (Fsp3) is 0.143. The molecule has 0 bridgehead atoms. The fourth-order valence-corrected chi connectivity index (χ4v) is 12.2. The molecule has 0 saturated carbocycles. The van der Waals surface area contributed by atoms with E-state index in [-0.39, 0.29) is 0 Å². The molecule has 4 aromatic carbocycles. The first-order chi connectivity index (χ1) is 15.1. The first-order valence-electron chi connectivity index (χ1n) is 10.7. The Kier molecular flexibility index (Phi) is 7.04.